The highest BCUT2D eigenvalue weighted by atomic mass is 32.2. The van der Waals surface area contributed by atoms with E-state index in [0.29, 0.717) is 21.3 Å². The number of amides is 3. The van der Waals surface area contributed by atoms with Crippen molar-refractivity contribution in [3.63, 3.8) is 0 Å². The molecule has 1 unspecified atom stereocenters. The molecule has 29 heavy (non-hydrogen) atoms. The number of thiophene rings is 1. The molecule has 1 saturated carbocycles. The van der Waals surface area contributed by atoms with E-state index in [4.69, 9.17) is 0 Å². The van der Waals surface area contributed by atoms with Gasteiger partial charge in [0.15, 0.2) is 5.16 Å². The second kappa shape index (κ2) is 9.75. The number of imide groups is 1. The van der Waals surface area contributed by atoms with Gasteiger partial charge in [-0.25, -0.2) is 9.78 Å². The Labute approximate surface area is 178 Å². The number of nitrogens with zero attached hydrogens (tertiary/aromatic N) is 1. The van der Waals surface area contributed by atoms with E-state index in [1.807, 2.05) is 6.92 Å². The van der Waals surface area contributed by atoms with Gasteiger partial charge in [0.05, 0.1) is 11.1 Å². The van der Waals surface area contributed by atoms with Crippen LogP contribution in [0.4, 0.5) is 4.79 Å². The molecule has 0 aromatic carbocycles. The molecule has 1 atom stereocenters. The minimum atomic E-state index is -0.456. The van der Waals surface area contributed by atoms with Gasteiger partial charge in [0.1, 0.15) is 4.83 Å². The van der Waals surface area contributed by atoms with Crippen molar-refractivity contribution in [1.29, 1.82) is 0 Å². The first kappa shape index (κ1) is 21.8. The van der Waals surface area contributed by atoms with E-state index in [2.05, 4.69) is 34.4 Å². The van der Waals surface area contributed by atoms with Crippen LogP contribution in [-0.4, -0.2) is 33.7 Å². The Morgan fingerprint density at radius 2 is 2.07 bits per heavy atom. The van der Waals surface area contributed by atoms with Gasteiger partial charge in [0, 0.05) is 10.9 Å². The van der Waals surface area contributed by atoms with E-state index in [0.717, 1.165) is 60.7 Å². The molecule has 3 N–H and O–H groups in total. The zero-order valence-corrected chi connectivity index (χ0v) is 18.7. The maximum Gasteiger partial charge on any atom is 0.321 e. The summed E-state index contributed by atoms with van der Waals surface area (Å²) in [7, 11) is 0. The van der Waals surface area contributed by atoms with Gasteiger partial charge in [0.25, 0.3) is 5.56 Å². The molecule has 3 rings (SSSR count). The highest BCUT2D eigenvalue weighted by molar-refractivity contribution is 7.99. The summed E-state index contributed by atoms with van der Waals surface area (Å²) in [5.74, 6) is 0.100. The predicted octanol–water partition coefficient (Wildman–Crippen LogP) is 3.74. The van der Waals surface area contributed by atoms with Gasteiger partial charge in [-0.05, 0) is 37.7 Å². The van der Waals surface area contributed by atoms with E-state index >= 15 is 0 Å². The molecule has 7 nitrogen and oxygen atoms in total. The van der Waals surface area contributed by atoms with Crippen LogP contribution >= 0.6 is 23.1 Å². The van der Waals surface area contributed by atoms with E-state index < -0.39 is 11.9 Å². The highest BCUT2D eigenvalue weighted by Crippen LogP contribution is 2.30. The number of nitrogens with one attached hydrogen (secondary N) is 3. The molecule has 158 valence electrons. The molecule has 0 bridgehead atoms. The predicted molar refractivity (Wildman–Crippen MR) is 118 cm³/mol. The standard InChI is InChI=1S/C20H28N4O3S2/c1-4-11(2)9-14-12(3)29-18-16(14)17(26)23-20(24-18)28-10-15(25)22-19(27)21-13-7-5-6-8-13/h11,13H,4-10H2,1-3H3,(H,23,24,26)(H2,21,22,25,27). The summed E-state index contributed by atoms with van der Waals surface area (Å²) in [6, 6.07) is -0.300. The van der Waals surface area contributed by atoms with Crippen molar-refractivity contribution in [2.24, 2.45) is 5.92 Å². The lowest BCUT2D eigenvalue weighted by Gasteiger charge is -2.12. The number of hydrogen-bond acceptors (Lipinski definition) is 6. The summed E-state index contributed by atoms with van der Waals surface area (Å²) in [6.45, 7) is 6.34. The molecule has 2 aromatic heterocycles. The van der Waals surface area contributed by atoms with E-state index in [1.165, 1.54) is 11.3 Å². The normalized spacial score (nSPS) is 15.6. The van der Waals surface area contributed by atoms with E-state index in [9.17, 15) is 14.4 Å². The van der Waals surface area contributed by atoms with Crippen LogP contribution in [0.1, 0.15) is 56.4 Å². The number of fused-ring (bicyclic) bond motifs is 1. The number of thioether (sulfide) groups is 1. The van der Waals surface area contributed by atoms with Gasteiger partial charge in [-0.3, -0.25) is 14.9 Å². The number of rotatable bonds is 7. The SMILES string of the molecule is CCC(C)Cc1c(C)sc2nc(SCC(=O)NC(=O)NC3CCCC3)[nH]c(=O)c12. The van der Waals surface area contributed by atoms with E-state index in [1.54, 1.807) is 0 Å². The number of hydrogen-bond donors (Lipinski definition) is 3. The highest BCUT2D eigenvalue weighted by Gasteiger charge is 2.19. The smallest absolute Gasteiger partial charge is 0.321 e. The van der Waals surface area contributed by atoms with Crippen LogP contribution in [0.25, 0.3) is 10.2 Å². The van der Waals surface area contributed by atoms with Crippen LogP contribution in [-0.2, 0) is 11.2 Å². The maximum absolute atomic E-state index is 12.7. The first-order chi connectivity index (χ1) is 13.9. The molecular weight excluding hydrogens is 408 g/mol. The average Bonchev–Trinajstić information content (AvgIpc) is 3.27. The summed E-state index contributed by atoms with van der Waals surface area (Å²) in [5, 5.41) is 6.22. The molecule has 2 aromatic rings. The Kier molecular flexibility index (Phi) is 7.34. The first-order valence-electron chi connectivity index (χ1n) is 10.1. The van der Waals surface area contributed by atoms with Gasteiger partial charge in [-0.1, -0.05) is 44.9 Å². The van der Waals surface area contributed by atoms with Crippen LogP contribution in [0.15, 0.2) is 9.95 Å². The Morgan fingerprint density at radius 3 is 2.76 bits per heavy atom. The number of aryl methyl sites for hydroxylation is 1. The van der Waals surface area contributed by atoms with Crippen molar-refractivity contribution in [1.82, 2.24) is 20.6 Å². The van der Waals surface area contributed by atoms with Gasteiger partial charge in [-0.15, -0.1) is 11.3 Å². The third kappa shape index (κ3) is 5.60. The number of urea groups is 1. The van der Waals surface area contributed by atoms with Crippen LogP contribution in [0, 0.1) is 12.8 Å². The van der Waals surface area contributed by atoms with Crippen molar-refractivity contribution >= 4 is 45.3 Å². The van der Waals surface area contributed by atoms with Gasteiger partial charge < -0.3 is 10.3 Å². The van der Waals surface area contributed by atoms with Crippen LogP contribution in [0.2, 0.25) is 0 Å². The first-order valence-corrected chi connectivity index (χ1v) is 11.9. The summed E-state index contributed by atoms with van der Waals surface area (Å²) in [5.41, 5.74) is 0.908. The van der Waals surface area contributed by atoms with Crippen molar-refractivity contribution in [2.75, 3.05) is 5.75 Å². The summed E-state index contributed by atoms with van der Waals surface area (Å²) < 4.78 is 0. The monoisotopic (exact) mass is 436 g/mol. The minimum absolute atomic E-state index is 0.0105. The molecule has 1 aliphatic carbocycles. The lowest BCUT2D eigenvalue weighted by Crippen LogP contribution is -2.44. The van der Waals surface area contributed by atoms with Crippen LogP contribution < -0.4 is 16.2 Å². The maximum atomic E-state index is 12.7. The van der Waals surface area contributed by atoms with E-state index in [-0.39, 0.29) is 17.4 Å². The molecule has 1 aliphatic rings. The lowest BCUT2D eigenvalue weighted by atomic mass is 9.98. The topological polar surface area (TPSA) is 104 Å². The molecule has 0 saturated heterocycles. The quantitative estimate of drug-likeness (QED) is 0.453. The Hall–Kier alpha value is -1.87. The average molecular weight is 437 g/mol. The summed E-state index contributed by atoms with van der Waals surface area (Å²) >= 11 is 2.64. The van der Waals surface area contributed by atoms with Crippen LogP contribution in [0.5, 0.6) is 0 Å². The Bertz CT molecular complexity index is 947. The van der Waals surface area contributed by atoms with Crippen molar-refractivity contribution < 1.29 is 9.59 Å². The molecule has 0 radical (unpaired) electrons. The molecule has 2 heterocycles. The fourth-order valence-electron chi connectivity index (χ4n) is 3.55. The number of aromatic amines is 1. The van der Waals surface area contributed by atoms with Gasteiger partial charge in [0.2, 0.25) is 5.91 Å². The second-order valence-electron chi connectivity index (χ2n) is 7.70. The molecule has 1 fully saturated rings. The zero-order valence-electron chi connectivity index (χ0n) is 17.1. The number of carbonyl (C=O) groups is 2. The Morgan fingerprint density at radius 1 is 1.34 bits per heavy atom. The third-order valence-corrected chi connectivity index (χ3v) is 7.29. The van der Waals surface area contributed by atoms with Crippen LogP contribution in [0.3, 0.4) is 0 Å². The minimum Gasteiger partial charge on any atom is -0.335 e. The summed E-state index contributed by atoms with van der Waals surface area (Å²) in [6.07, 6.45) is 6.05. The summed E-state index contributed by atoms with van der Waals surface area (Å²) in [4.78, 5) is 45.7. The fraction of sp³-hybridized carbons (Fsp3) is 0.600. The second-order valence-corrected chi connectivity index (χ2v) is 9.86. The number of H-pyrrole nitrogens is 1. The van der Waals surface area contributed by atoms with Gasteiger partial charge in [-0.2, -0.15) is 0 Å². The van der Waals surface area contributed by atoms with Gasteiger partial charge >= 0.3 is 6.03 Å². The fourth-order valence-corrected chi connectivity index (χ4v) is 5.32. The van der Waals surface area contributed by atoms with Crippen molar-refractivity contribution in [3.05, 3.63) is 20.8 Å². The number of aromatic nitrogens is 2. The molecule has 3 amide bonds. The molecule has 0 spiro atoms. The van der Waals surface area contributed by atoms with Crippen molar-refractivity contribution in [2.45, 2.75) is 70.5 Å². The number of carbonyl (C=O) groups excluding carboxylic acids is 2. The zero-order chi connectivity index (χ0) is 21.0. The van der Waals surface area contributed by atoms with Crippen molar-refractivity contribution in [3.8, 4) is 0 Å². The molecule has 9 heteroatoms. The molecule has 0 aliphatic heterocycles. The third-order valence-electron chi connectivity index (χ3n) is 5.37. The Balaban J connectivity index is 1.62. The molecular formula is C20H28N4O3S2. The largest absolute Gasteiger partial charge is 0.335 e. The lowest BCUT2D eigenvalue weighted by molar-refractivity contribution is -0.117.